The number of ether oxygens (including phenoxy) is 7. The third-order valence-corrected chi connectivity index (χ3v) is 2.97. The highest BCUT2D eigenvalue weighted by atomic mass is 16.7. The molecule has 0 amide bonds. The van der Waals surface area contributed by atoms with Gasteiger partial charge in [0, 0.05) is 27.4 Å². The molecule has 0 aliphatic carbocycles. The van der Waals surface area contributed by atoms with Gasteiger partial charge in [0.25, 0.3) is 0 Å². The first-order chi connectivity index (χ1) is 11.6. The minimum absolute atomic E-state index is 0.0831. The Bertz CT molecular complexity index is 334. The highest BCUT2D eigenvalue weighted by molar-refractivity contribution is 5.81. The summed E-state index contributed by atoms with van der Waals surface area (Å²) in [4.78, 5) is 11.4. The van der Waals surface area contributed by atoms with Crippen molar-refractivity contribution in [3.8, 4) is 0 Å². The molecule has 0 saturated heterocycles. The molecule has 8 nitrogen and oxygen atoms in total. The molecular weight excluding hydrogens is 320 g/mol. The average molecular weight is 350 g/mol. The topological polar surface area (TPSA) is 81.7 Å². The maximum atomic E-state index is 11.4. The number of hydrogen-bond acceptors (Lipinski definition) is 8. The summed E-state index contributed by atoms with van der Waals surface area (Å²) in [6, 6.07) is 0. The first-order valence-corrected chi connectivity index (χ1v) is 7.75. The van der Waals surface area contributed by atoms with Crippen LogP contribution in [0.15, 0.2) is 12.2 Å². The summed E-state index contributed by atoms with van der Waals surface area (Å²) in [6.45, 7) is 4.22. The van der Waals surface area contributed by atoms with E-state index in [4.69, 9.17) is 33.2 Å². The van der Waals surface area contributed by atoms with Gasteiger partial charge in [-0.05, 0) is 20.3 Å². The lowest BCUT2D eigenvalue weighted by Crippen LogP contribution is -2.42. The van der Waals surface area contributed by atoms with E-state index in [-0.39, 0.29) is 26.5 Å². The molecule has 0 bridgehead atoms. The Balaban J connectivity index is 4.87. The Morgan fingerprint density at radius 1 is 0.958 bits per heavy atom. The quantitative estimate of drug-likeness (QED) is 0.250. The van der Waals surface area contributed by atoms with Crippen molar-refractivity contribution < 1.29 is 38.0 Å². The van der Waals surface area contributed by atoms with Crippen LogP contribution in [0, 0.1) is 0 Å². The van der Waals surface area contributed by atoms with E-state index in [9.17, 15) is 4.79 Å². The van der Waals surface area contributed by atoms with Crippen molar-refractivity contribution in [2.45, 2.75) is 38.6 Å². The van der Waals surface area contributed by atoms with E-state index in [1.165, 1.54) is 20.3 Å². The second-order valence-corrected chi connectivity index (χ2v) is 4.82. The third-order valence-electron chi connectivity index (χ3n) is 2.97. The molecule has 0 unspecified atom stereocenters. The summed E-state index contributed by atoms with van der Waals surface area (Å²) < 4.78 is 36.6. The van der Waals surface area contributed by atoms with Crippen molar-refractivity contribution in [1.29, 1.82) is 0 Å². The number of esters is 1. The van der Waals surface area contributed by atoms with Gasteiger partial charge in [0.15, 0.2) is 0 Å². The molecule has 0 aliphatic heterocycles. The molecule has 0 aromatic rings. The zero-order chi connectivity index (χ0) is 18.2. The van der Waals surface area contributed by atoms with Crippen LogP contribution in [0.25, 0.3) is 0 Å². The minimum Gasteiger partial charge on any atom is -0.463 e. The monoisotopic (exact) mass is 350 g/mol. The van der Waals surface area contributed by atoms with Gasteiger partial charge in [-0.25, -0.2) is 4.79 Å². The van der Waals surface area contributed by atoms with Crippen LogP contribution in [0.2, 0.25) is 0 Å². The van der Waals surface area contributed by atoms with Gasteiger partial charge >= 0.3 is 5.97 Å². The fourth-order valence-electron chi connectivity index (χ4n) is 1.90. The second kappa shape index (κ2) is 15.5. The fraction of sp³-hybridized carbons (Fsp3) is 0.812. The lowest BCUT2D eigenvalue weighted by atomic mass is 10.1. The molecule has 0 saturated carbocycles. The molecule has 0 aromatic carbocycles. The van der Waals surface area contributed by atoms with Gasteiger partial charge in [0.1, 0.15) is 26.5 Å². The van der Waals surface area contributed by atoms with E-state index in [0.717, 1.165) is 0 Å². The van der Waals surface area contributed by atoms with Gasteiger partial charge in [0.05, 0.1) is 18.8 Å². The van der Waals surface area contributed by atoms with Crippen LogP contribution in [0.5, 0.6) is 0 Å². The Morgan fingerprint density at radius 3 is 2.12 bits per heavy atom. The van der Waals surface area contributed by atoms with Gasteiger partial charge in [0.2, 0.25) is 0 Å². The summed E-state index contributed by atoms with van der Waals surface area (Å²) >= 11 is 0. The van der Waals surface area contributed by atoms with Crippen LogP contribution in [0.3, 0.4) is 0 Å². The van der Waals surface area contributed by atoms with Crippen molar-refractivity contribution in [3.63, 3.8) is 0 Å². The lowest BCUT2D eigenvalue weighted by Gasteiger charge is -2.30. The Hall–Kier alpha value is -1.03. The fourth-order valence-corrected chi connectivity index (χ4v) is 1.90. The summed E-state index contributed by atoms with van der Waals surface area (Å²) in [6.07, 6.45) is 2.28. The van der Waals surface area contributed by atoms with E-state index in [1.54, 1.807) is 20.1 Å². The molecule has 0 radical (unpaired) electrons. The van der Waals surface area contributed by atoms with Crippen LogP contribution in [0.4, 0.5) is 0 Å². The van der Waals surface area contributed by atoms with Crippen molar-refractivity contribution in [3.05, 3.63) is 12.2 Å². The first-order valence-electron chi connectivity index (χ1n) is 7.75. The normalized spacial score (nSPS) is 15.4. The van der Waals surface area contributed by atoms with Crippen molar-refractivity contribution in [2.24, 2.45) is 0 Å². The molecule has 3 atom stereocenters. The van der Waals surface area contributed by atoms with Gasteiger partial charge in [-0.3, -0.25) is 0 Å². The minimum atomic E-state index is -0.443. The van der Waals surface area contributed by atoms with Crippen molar-refractivity contribution >= 4 is 5.97 Å². The highest BCUT2D eigenvalue weighted by Gasteiger charge is 2.29. The average Bonchev–Trinajstić information content (AvgIpc) is 2.57. The Labute approximate surface area is 143 Å². The molecule has 0 aliphatic rings. The summed E-state index contributed by atoms with van der Waals surface area (Å²) in [7, 11) is 4.60. The van der Waals surface area contributed by atoms with Crippen LogP contribution in [-0.2, 0) is 38.0 Å². The van der Waals surface area contributed by atoms with E-state index >= 15 is 0 Å². The SMILES string of the molecule is CCOC(=O)/C=C/C[C@@H](OCOC)[C@H](OCOC)[C@@H](C)OCOC. The molecule has 0 heterocycles. The van der Waals surface area contributed by atoms with Crippen molar-refractivity contribution in [1.82, 2.24) is 0 Å². The number of hydrogen-bond donors (Lipinski definition) is 0. The zero-order valence-corrected chi connectivity index (χ0v) is 15.2. The van der Waals surface area contributed by atoms with E-state index in [0.29, 0.717) is 13.0 Å². The molecule has 24 heavy (non-hydrogen) atoms. The summed E-state index contributed by atoms with van der Waals surface area (Å²) in [5.41, 5.74) is 0. The van der Waals surface area contributed by atoms with Crippen LogP contribution < -0.4 is 0 Å². The Kier molecular flexibility index (Phi) is 14.8. The van der Waals surface area contributed by atoms with Crippen LogP contribution in [0.1, 0.15) is 20.3 Å². The number of rotatable bonds is 15. The third kappa shape index (κ3) is 10.7. The lowest BCUT2D eigenvalue weighted by molar-refractivity contribution is -0.202. The highest BCUT2D eigenvalue weighted by Crippen LogP contribution is 2.16. The van der Waals surface area contributed by atoms with E-state index in [2.05, 4.69) is 0 Å². The summed E-state index contributed by atoms with van der Waals surface area (Å²) in [5, 5.41) is 0. The zero-order valence-electron chi connectivity index (χ0n) is 15.2. The maximum Gasteiger partial charge on any atom is 0.330 e. The molecule has 0 fully saturated rings. The van der Waals surface area contributed by atoms with Gasteiger partial charge in [-0.1, -0.05) is 6.08 Å². The van der Waals surface area contributed by atoms with Crippen molar-refractivity contribution in [2.75, 3.05) is 48.3 Å². The Morgan fingerprint density at radius 2 is 1.54 bits per heavy atom. The molecular formula is C16H30O8. The smallest absolute Gasteiger partial charge is 0.330 e. The largest absolute Gasteiger partial charge is 0.463 e. The number of carbonyl (C=O) groups excluding carboxylic acids is 1. The van der Waals surface area contributed by atoms with E-state index in [1.807, 2.05) is 6.92 Å². The van der Waals surface area contributed by atoms with Crippen LogP contribution >= 0.6 is 0 Å². The second-order valence-electron chi connectivity index (χ2n) is 4.82. The molecule has 8 heteroatoms. The molecule has 0 spiro atoms. The first kappa shape index (κ1) is 23.0. The van der Waals surface area contributed by atoms with E-state index < -0.39 is 18.2 Å². The summed E-state index contributed by atoms with van der Waals surface area (Å²) in [5.74, 6) is -0.402. The predicted octanol–water partition coefficient (Wildman–Crippen LogP) is 1.48. The maximum absolute atomic E-state index is 11.4. The number of methoxy groups -OCH3 is 3. The van der Waals surface area contributed by atoms with Gasteiger partial charge in [-0.2, -0.15) is 0 Å². The number of carbonyl (C=O) groups is 1. The van der Waals surface area contributed by atoms with Crippen LogP contribution in [-0.4, -0.2) is 72.6 Å². The van der Waals surface area contributed by atoms with Gasteiger partial charge < -0.3 is 33.2 Å². The molecule has 0 aromatic heterocycles. The predicted molar refractivity (Wildman–Crippen MR) is 86.3 cm³/mol. The standard InChI is InChI=1S/C16H30O8/c1-6-21-15(17)9-7-8-14(23-11-19-4)16(24-12-20-5)13(2)22-10-18-3/h7,9,13-14,16H,6,8,10-12H2,1-5H3/b9-7+/t13-,14-,16-/m1/s1. The van der Waals surface area contributed by atoms with Gasteiger partial charge in [-0.15, -0.1) is 0 Å². The molecule has 0 rings (SSSR count). The molecule has 142 valence electrons. The molecule has 0 N–H and O–H groups in total.